The summed E-state index contributed by atoms with van der Waals surface area (Å²) in [5.41, 5.74) is 0.962. The first-order chi connectivity index (χ1) is 7.11. The minimum absolute atomic E-state index is 0.427. The SMILES string of the molecule is COc1ccc(CN(C)OS(=O)O)cc1. The maximum absolute atomic E-state index is 10.3. The van der Waals surface area contributed by atoms with Crippen LogP contribution in [-0.4, -0.2) is 28.0 Å². The Balaban J connectivity index is 2.53. The smallest absolute Gasteiger partial charge is 0.319 e. The van der Waals surface area contributed by atoms with Crippen molar-refractivity contribution in [3.05, 3.63) is 29.8 Å². The molecule has 5 nitrogen and oxygen atoms in total. The second-order valence-electron chi connectivity index (χ2n) is 2.93. The van der Waals surface area contributed by atoms with Crippen LogP contribution in [-0.2, 0) is 22.2 Å². The number of hydrogen-bond acceptors (Lipinski definition) is 4. The Hall–Kier alpha value is -0.950. The lowest BCUT2D eigenvalue weighted by Gasteiger charge is -2.12. The largest absolute Gasteiger partial charge is 0.497 e. The van der Waals surface area contributed by atoms with E-state index in [0.717, 1.165) is 11.3 Å². The van der Waals surface area contributed by atoms with Gasteiger partial charge in [-0.25, -0.2) is 0 Å². The molecule has 1 aromatic rings. The van der Waals surface area contributed by atoms with Gasteiger partial charge in [0.15, 0.2) is 0 Å². The maximum Gasteiger partial charge on any atom is 0.319 e. The van der Waals surface area contributed by atoms with Crippen LogP contribution in [0, 0.1) is 0 Å². The molecule has 1 rings (SSSR count). The van der Waals surface area contributed by atoms with Gasteiger partial charge in [-0.05, 0) is 17.7 Å². The van der Waals surface area contributed by atoms with Crippen molar-refractivity contribution in [2.75, 3.05) is 14.2 Å². The van der Waals surface area contributed by atoms with Crippen molar-refractivity contribution in [1.82, 2.24) is 5.06 Å². The van der Waals surface area contributed by atoms with Gasteiger partial charge in [-0.3, -0.25) is 4.55 Å². The summed E-state index contributed by atoms with van der Waals surface area (Å²) in [6, 6.07) is 7.36. The Kier molecular flexibility index (Phi) is 4.70. The average Bonchev–Trinajstić information content (AvgIpc) is 2.17. The number of methoxy groups -OCH3 is 1. The van der Waals surface area contributed by atoms with Crippen LogP contribution >= 0.6 is 0 Å². The predicted molar refractivity (Wildman–Crippen MR) is 56.3 cm³/mol. The van der Waals surface area contributed by atoms with Gasteiger partial charge in [-0.2, -0.15) is 13.6 Å². The van der Waals surface area contributed by atoms with E-state index in [1.54, 1.807) is 14.2 Å². The molecule has 1 N–H and O–H groups in total. The Bertz CT molecular complexity index is 327. The fourth-order valence-electron chi connectivity index (χ4n) is 1.12. The van der Waals surface area contributed by atoms with Crippen LogP contribution in [0.5, 0.6) is 5.75 Å². The topological polar surface area (TPSA) is 59.0 Å². The summed E-state index contributed by atoms with van der Waals surface area (Å²) in [6.07, 6.45) is 0. The number of ether oxygens (including phenoxy) is 1. The van der Waals surface area contributed by atoms with E-state index < -0.39 is 11.4 Å². The normalized spacial score (nSPS) is 12.8. The molecule has 0 spiro atoms. The number of benzene rings is 1. The summed E-state index contributed by atoms with van der Waals surface area (Å²) in [7, 11) is 3.18. The fourth-order valence-corrected chi connectivity index (χ4v) is 1.39. The molecule has 1 aromatic carbocycles. The van der Waals surface area contributed by atoms with Gasteiger partial charge in [-0.15, -0.1) is 0 Å². The second-order valence-corrected chi connectivity index (χ2v) is 3.51. The van der Waals surface area contributed by atoms with E-state index in [4.69, 9.17) is 9.29 Å². The predicted octanol–water partition coefficient (Wildman–Crippen LogP) is 1.20. The minimum atomic E-state index is -2.27. The Morgan fingerprint density at radius 2 is 2.00 bits per heavy atom. The molecule has 0 bridgehead atoms. The van der Waals surface area contributed by atoms with Crippen LogP contribution < -0.4 is 4.74 Å². The summed E-state index contributed by atoms with van der Waals surface area (Å²) >= 11 is -2.27. The quantitative estimate of drug-likeness (QED) is 0.609. The molecule has 0 saturated carbocycles. The van der Waals surface area contributed by atoms with Gasteiger partial charge in [-0.1, -0.05) is 12.1 Å². The van der Waals surface area contributed by atoms with E-state index in [1.165, 1.54) is 5.06 Å². The lowest BCUT2D eigenvalue weighted by molar-refractivity contribution is -0.0340. The highest BCUT2D eigenvalue weighted by Gasteiger charge is 2.04. The molecule has 0 heterocycles. The molecule has 0 aliphatic carbocycles. The highest BCUT2D eigenvalue weighted by Crippen LogP contribution is 2.12. The van der Waals surface area contributed by atoms with Crippen LogP contribution in [0.3, 0.4) is 0 Å². The Labute approximate surface area is 91.1 Å². The molecule has 6 heteroatoms. The maximum atomic E-state index is 10.3. The van der Waals surface area contributed by atoms with Crippen molar-refractivity contribution in [2.45, 2.75) is 6.54 Å². The Morgan fingerprint density at radius 3 is 2.47 bits per heavy atom. The molecule has 0 amide bonds. The first kappa shape index (κ1) is 12.1. The van der Waals surface area contributed by atoms with Crippen molar-refractivity contribution in [3.8, 4) is 5.75 Å². The molecule has 15 heavy (non-hydrogen) atoms. The van der Waals surface area contributed by atoms with Gasteiger partial charge in [0.05, 0.1) is 13.7 Å². The first-order valence-corrected chi connectivity index (χ1v) is 5.28. The highest BCUT2D eigenvalue weighted by atomic mass is 32.2. The molecule has 0 aliphatic rings. The van der Waals surface area contributed by atoms with Crippen LogP contribution in [0.4, 0.5) is 0 Å². The van der Waals surface area contributed by atoms with Crippen LogP contribution in [0.15, 0.2) is 24.3 Å². The standard InChI is InChI=1S/C9H13NO4S/c1-10(14-15(11)12)7-8-3-5-9(13-2)6-4-8/h3-6H,7H2,1-2H3,(H,11,12). The van der Waals surface area contributed by atoms with Crippen LogP contribution in [0.1, 0.15) is 5.56 Å². The molecule has 0 saturated heterocycles. The van der Waals surface area contributed by atoms with Gasteiger partial charge in [0.1, 0.15) is 5.75 Å². The van der Waals surface area contributed by atoms with Crippen molar-refractivity contribution in [1.29, 1.82) is 0 Å². The molecular formula is C9H13NO4S. The van der Waals surface area contributed by atoms with E-state index in [0.29, 0.717) is 6.54 Å². The lowest BCUT2D eigenvalue weighted by Crippen LogP contribution is -2.19. The fraction of sp³-hybridized carbons (Fsp3) is 0.333. The highest BCUT2D eigenvalue weighted by molar-refractivity contribution is 7.74. The number of hydrogen-bond donors (Lipinski definition) is 1. The summed E-state index contributed by atoms with van der Waals surface area (Å²) in [5, 5.41) is 1.29. The van der Waals surface area contributed by atoms with Crippen molar-refractivity contribution in [2.24, 2.45) is 0 Å². The van der Waals surface area contributed by atoms with Crippen molar-refractivity contribution >= 4 is 11.4 Å². The van der Waals surface area contributed by atoms with Crippen molar-refractivity contribution in [3.63, 3.8) is 0 Å². The summed E-state index contributed by atoms with van der Waals surface area (Å²) in [5.74, 6) is 0.771. The third kappa shape index (κ3) is 4.39. The zero-order valence-corrected chi connectivity index (χ0v) is 9.36. The van der Waals surface area contributed by atoms with E-state index in [-0.39, 0.29) is 0 Å². The molecule has 1 atom stereocenters. The zero-order valence-electron chi connectivity index (χ0n) is 8.54. The molecule has 1 unspecified atom stereocenters. The van der Waals surface area contributed by atoms with E-state index in [9.17, 15) is 4.21 Å². The summed E-state index contributed by atoms with van der Waals surface area (Å²) in [4.78, 5) is 0. The monoisotopic (exact) mass is 231 g/mol. The molecule has 0 fully saturated rings. The molecule has 0 radical (unpaired) electrons. The van der Waals surface area contributed by atoms with Gasteiger partial charge < -0.3 is 4.74 Å². The third-order valence-corrected chi connectivity index (χ3v) is 2.14. The number of nitrogens with zero attached hydrogens (tertiary/aromatic N) is 1. The minimum Gasteiger partial charge on any atom is -0.497 e. The van der Waals surface area contributed by atoms with E-state index >= 15 is 0 Å². The Morgan fingerprint density at radius 1 is 1.40 bits per heavy atom. The zero-order chi connectivity index (χ0) is 11.3. The lowest BCUT2D eigenvalue weighted by atomic mass is 10.2. The van der Waals surface area contributed by atoms with E-state index in [2.05, 4.69) is 4.28 Å². The van der Waals surface area contributed by atoms with Crippen LogP contribution in [0.2, 0.25) is 0 Å². The molecule has 84 valence electrons. The number of rotatable bonds is 5. The molecule has 0 aromatic heterocycles. The second kappa shape index (κ2) is 5.82. The van der Waals surface area contributed by atoms with Crippen molar-refractivity contribution < 1.29 is 17.8 Å². The number of hydroxylamine groups is 2. The van der Waals surface area contributed by atoms with Gasteiger partial charge >= 0.3 is 11.4 Å². The summed E-state index contributed by atoms with van der Waals surface area (Å²) < 4.78 is 28.3. The molecular weight excluding hydrogens is 218 g/mol. The summed E-state index contributed by atoms with van der Waals surface area (Å²) in [6.45, 7) is 0.427. The van der Waals surface area contributed by atoms with E-state index in [1.807, 2.05) is 24.3 Å². The van der Waals surface area contributed by atoms with Crippen LogP contribution in [0.25, 0.3) is 0 Å². The average molecular weight is 231 g/mol. The van der Waals surface area contributed by atoms with Gasteiger partial charge in [0.25, 0.3) is 0 Å². The van der Waals surface area contributed by atoms with Gasteiger partial charge in [0.2, 0.25) is 0 Å². The first-order valence-electron chi connectivity index (χ1n) is 4.25. The molecule has 0 aliphatic heterocycles. The third-order valence-electron chi connectivity index (χ3n) is 1.76. The van der Waals surface area contributed by atoms with Gasteiger partial charge in [0, 0.05) is 7.05 Å².